The summed E-state index contributed by atoms with van der Waals surface area (Å²) in [6.07, 6.45) is 4.35. The zero-order chi connectivity index (χ0) is 18.0. The van der Waals surface area contributed by atoms with Crippen LogP contribution in [0.1, 0.15) is 29.9 Å². The lowest BCUT2D eigenvalue weighted by molar-refractivity contribution is 0.113. The Morgan fingerprint density at radius 2 is 1.85 bits per heavy atom. The second-order valence-corrected chi connectivity index (χ2v) is 6.70. The molecule has 0 saturated carbocycles. The number of ether oxygens (including phenoxy) is 2. The molecule has 0 unspecified atom stereocenters. The third kappa shape index (κ3) is 5.41. The van der Waals surface area contributed by atoms with Gasteiger partial charge in [-0.3, -0.25) is 5.01 Å². The Morgan fingerprint density at radius 3 is 2.58 bits per heavy atom. The number of hydrazone groups is 1. The van der Waals surface area contributed by atoms with Crippen LogP contribution in [0, 0.1) is 0 Å². The molecule has 2 atom stereocenters. The van der Waals surface area contributed by atoms with Crippen LogP contribution in [0.25, 0.3) is 0 Å². The van der Waals surface area contributed by atoms with Crippen LogP contribution >= 0.6 is 0 Å². The zero-order valence-electron chi connectivity index (χ0n) is 15.5. The van der Waals surface area contributed by atoms with Gasteiger partial charge in [0.15, 0.2) is 0 Å². The first-order chi connectivity index (χ1) is 12.9. The molecule has 3 rings (SSSR count). The fourth-order valence-corrected chi connectivity index (χ4v) is 3.30. The third-order valence-corrected chi connectivity index (χ3v) is 4.74. The van der Waals surface area contributed by atoms with Crippen molar-refractivity contribution in [1.29, 1.82) is 0 Å². The summed E-state index contributed by atoms with van der Waals surface area (Å²) in [5.41, 5.74) is 2.42. The molecule has 0 N–H and O–H groups in total. The first-order valence-electron chi connectivity index (χ1n) is 9.33. The number of benzene rings is 2. The van der Waals surface area contributed by atoms with Gasteiger partial charge in [-0.05, 0) is 24.0 Å². The highest BCUT2D eigenvalue weighted by atomic mass is 16.5. The summed E-state index contributed by atoms with van der Waals surface area (Å²) >= 11 is 0. The number of methoxy groups -OCH3 is 1. The van der Waals surface area contributed by atoms with E-state index in [1.807, 2.05) is 30.5 Å². The van der Waals surface area contributed by atoms with Crippen LogP contribution in [-0.2, 0) is 16.1 Å². The van der Waals surface area contributed by atoms with Crippen LogP contribution in [0.3, 0.4) is 0 Å². The van der Waals surface area contributed by atoms with E-state index >= 15 is 0 Å². The van der Waals surface area contributed by atoms with Crippen molar-refractivity contribution in [3.8, 4) is 0 Å². The fourth-order valence-electron chi connectivity index (χ4n) is 3.30. The SMILES string of the molecule is COC[C@@H]1CCCN1/N=C/[C@H](COCc1ccccc1)c1ccccc1. The molecule has 4 heteroatoms. The number of hydrogen-bond donors (Lipinski definition) is 0. The summed E-state index contributed by atoms with van der Waals surface area (Å²) in [6, 6.07) is 21.1. The second kappa shape index (κ2) is 10.1. The van der Waals surface area contributed by atoms with Gasteiger partial charge in [-0.15, -0.1) is 0 Å². The van der Waals surface area contributed by atoms with Gasteiger partial charge in [0.1, 0.15) is 0 Å². The largest absolute Gasteiger partial charge is 0.382 e. The predicted octanol–water partition coefficient (Wildman–Crippen LogP) is 4.08. The Bertz CT molecular complexity index is 660. The minimum atomic E-state index is 0.142. The molecule has 1 heterocycles. The minimum Gasteiger partial charge on any atom is -0.382 e. The lowest BCUT2D eigenvalue weighted by Gasteiger charge is -2.22. The standard InChI is InChI=1S/C22H28N2O2/c1-25-18-22-13-8-14-24(22)23-15-21(20-11-6-3-7-12-20)17-26-16-19-9-4-2-5-10-19/h2-7,9-12,15,21-22H,8,13-14,16-18H2,1H3/b23-15+/t21-,22+/m1/s1. The summed E-state index contributed by atoms with van der Waals surface area (Å²) < 4.78 is 11.3. The summed E-state index contributed by atoms with van der Waals surface area (Å²) in [6.45, 7) is 2.97. The molecular formula is C22H28N2O2. The molecule has 138 valence electrons. The van der Waals surface area contributed by atoms with Gasteiger partial charge in [0.25, 0.3) is 0 Å². The maximum atomic E-state index is 5.99. The smallest absolute Gasteiger partial charge is 0.0717 e. The van der Waals surface area contributed by atoms with Crippen molar-refractivity contribution in [2.75, 3.05) is 26.9 Å². The Labute approximate surface area is 156 Å². The predicted molar refractivity (Wildman–Crippen MR) is 105 cm³/mol. The van der Waals surface area contributed by atoms with Crippen LogP contribution in [0.2, 0.25) is 0 Å². The van der Waals surface area contributed by atoms with Crippen LogP contribution in [0.4, 0.5) is 0 Å². The van der Waals surface area contributed by atoms with Crippen LogP contribution in [0.5, 0.6) is 0 Å². The molecule has 0 radical (unpaired) electrons. The van der Waals surface area contributed by atoms with Crippen LogP contribution < -0.4 is 0 Å². The average molecular weight is 352 g/mol. The molecule has 1 aliphatic rings. The van der Waals surface area contributed by atoms with Gasteiger partial charge >= 0.3 is 0 Å². The Balaban J connectivity index is 1.63. The highest BCUT2D eigenvalue weighted by Gasteiger charge is 2.23. The molecule has 2 aromatic rings. The van der Waals surface area contributed by atoms with Crippen molar-refractivity contribution in [1.82, 2.24) is 5.01 Å². The number of nitrogens with zero attached hydrogens (tertiary/aromatic N) is 2. The highest BCUT2D eigenvalue weighted by Crippen LogP contribution is 2.20. The number of hydrogen-bond acceptors (Lipinski definition) is 4. The van der Waals surface area contributed by atoms with Crippen molar-refractivity contribution < 1.29 is 9.47 Å². The van der Waals surface area contributed by atoms with Gasteiger partial charge in [0.2, 0.25) is 0 Å². The average Bonchev–Trinajstić information content (AvgIpc) is 3.13. The normalized spacial score (nSPS) is 18.5. The number of rotatable bonds is 9. The van der Waals surface area contributed by atoms with Crippen molar-refractivity contribution in [3.05, 3.63) is 71.8 Å². The van der Waals surface area contributed by atoms with E-state index in [4.69, 9.17) is 14.6 Å². The topological polar surface area (TPSA) is 34.1 Å². The third-order valence-electron chi connectivity index (χ3n) is 4.74. The Kier molecular flexibility index (Phi) is 7.23. The Morgan fingerprint density at radius 1 is 1.12 bits per heavy atom. The highest BCUT2D eigenvalue weighted by molar-refractivity contribution is 5.67. The van der Waals surface area contributed by atoms with Crippen molar-refractivity contribution in [2.45, 2.75) is 31.4 Å². The van der Waals surface area contributed by atoms with Gasteiger partial charge in [-0.25, -0.2) is 0 Å². The van der Waals surface area contributed by atoms with Gasteiger partial charge in [-0.1, -0.05) is 60.7 Å². The van der Waals surface area contributed by atoms with Crippen LogP contribution in [-0.4, -0.2) is 44.1 Å². The maximum Gasteiger partial charge on any atom is 0.0717 e. The fraction of sp³-hybridized carbons (Fsp3) is 0.409. The summed E-state index contributed by atoms with van der Waals surface area (Å²) in [4.78, 5) is 0. The molecule has 0 aromatic heterocycles. The van der Waals surface area contributed by atoms with E-state index in [0.717, 1.165) is 19.6 Å². The lowest BCUT2D eigenvalue weighted by atomic mass is 10.0. The van der Waals surface area contributed by atoms with E-state index < -0.39 is 0 Å². The molecule has 1 fully saturated rings. The van der Waals surface area contributed by atoms with Crippen molar-refractivity contribution in [3.63, 3.8) is 0 Å². The molecule has 0 aliphatic carbocycles. The summed E-state index contributed by atoms with van der Waals surface area (Å²) in [5.74, 6) is 0.142. The zero-order valence-corrected chi connectivity index (χ0v) is 15.5. The monoisotopic (exact) mass is 352 g/mol. The van der Waals surface area contributed by atoms with Crippen molar-refractivity contribution in [2.24, 2.45) is 5.10 Å². The molecule has 1 aliphatic heterocycles. The van der Waals surface area contributed by atoms with E-state index in [-0.39, 0.29) is 5.92 Å². The maximum absolute atomic E-state index is 5.99. The van der Waals surface area contributed by atoms with Gasteiger partial charge < -0.3 is 9.47 Å². The van der Waals surface area contributed by atoms with Gasteiger partial charge in [0, 0.05) is 25.8 Å². The first kappa shape index (κ1) is 18.6. The summed E-state index contributed by atoms with van der Waals surface area (Å²) in [5, 5.41) is 6.94. The molecule has 0 bridgehead atoms. The van der Waals surface area contributed by atoms with E-state index in [1.165, 1.54) is 17.5 Å². The molecular weight excluding hydrogens is 324 g/mol. The van der Waals surface area contributed by atoms with Crippen LogP contribution in [0.15, 0.2) is 65.8 Å². The molecule has 26 heavy (non-hydrogen) atoms. The van der Waals surface area contributed by atoms with E-state index in [2.05, 4.69) is 41.4 Å². The van der Waals surface area contributed by atoms with Gasteiger partial charge in [-0.2, -0.15) is 5.10 Å². The molecule has 0 spiro atoms. The van der Waals surface area contributed by atoms with Gasteiger partial charge in [0.05, 0.1) is 25.9 Å². The molecule has 1 saturated heterocycles. The van der Waals surface area contributed by atoms with Crippen molar-refractivity contribution >= 4 is 6.21 Å². The minimum absolute atomic E-state index is 0.142. The lowest BCUT2D eigenvalue weighted by Crippen LogP contribution is -2.29. The van der Waals surface area contributed by atoms with E-state index in [0.29, 0.717) is 19.3 Å². The summed E-state index contributed by atoms with van der Waals surface area (Å²) in [7, 11) is 1.75. The quantitative estimate of drug-likeness (QED) is 0.638. The Hall–Kier alpha value is -2.17. The first-order valence-corrected chi connectivity index (χ1v) is 9.33. The van der Waals surface area contributed by atoms with E-state index in [1.54, 1.807) is 7.11 Å². The molecule has 4 nitrogen and oxygen atoms in total. The molecule has 2 aromatic carbocycles. The molecule has 0 amide bonds. The van der Waals surface area contributed by atoms with E-state index in [9.17, 15) is 0 Å². The second-order valence-electron chi connectivity index (χ2n) is 6.70.